The Bertz CT molecular complexity index is 756. The molecule has 0 aliphatic heterocycles. The predicted octanol–water partition coefficient (Wildman–Crippen LogP) is 4.51. The van der Waals surface area contributed by atoms with Crippen molar-refractivity contribution in [1.29, 1.82) is 0 Å². The maximum atomic E-state index is 12.9. The molecule has 3 rings (SSSR count). The fraction of sp³-hybridized carbons (Fsp3) is 0. The maximum Gasteiger partial charge on any atom is 0.345 e. The van der Waals surface area contributed by atoms with E-state index in [9.17, 15) is 9.18 Å². The molecule has 0 atom stereocenters. The lowest BCUT2D eigenvalue weighted by Gasteiger charge is -1.96. The second-order valence-electron chi connectivity index (χ2n) is 4.14. The standard InChI is InChI=1S/C15H9FO3S/c16-10-3-1-9(2-4-10)11-5-6-12(19-11)13-7-8-14(20-13)15(17)18/h1-8H,(H,17,18). The summed E-state index contributed by atoms with van der Waals surface area (Å²) >= 11 is 1.15. The van der Waals surface area contributed by atoms with E-state index in [0.717, 1.165) is 21.8 Å². The van der Waals surface area contributed by atoms with Gasteiger partial charge in [-0.05, 0) is 48.5 Å². The zero-order chi connectivity index (χ0) is 14.1. The van der Waals surface area contributed by atoms with E-state index in [4.69, 9.17) is 9.52 Å². The van der Waals surface area contributed by atoms with Crippen LogP contribution in [0.2, 0.25) is 0 Å². The monoisotopic (exact) mass is 288 g/mol. The molecule has 2 heterocycles. The molecule has 20 heavy (non-hydrogen) atoms. The first-order chi connectivity index (χ1) is 9.63. The van der Waals surface area contributed by atoms with Gasteiger partial charge in [0, 0.05) is 5.56 Å². The number of hydrogen-bond acceptors (Lipinski definition) is 3. The third kappa shape index (κ3) is 2.35. The molecule has 2 aromatic heterocycles. The molecule has 0 bridgehead atoms. The molecule has 3 aromatic rings. The van der Waals surface area contributed by atoms with Crippen molar-refractivity contribution < 1.29 is 18.7 Å². The zero-order valence-corrected chi connectivity index (χ0v) is 11.0. The van der Waals surface area contributed by atoms with Gasteiger partial charge in [-0.25, -0.2) is 9.18 Å². The maximum absolute atomic E-state index is 12.9. The zero-order valence-electron chi connectivity index (χ0n) is 10.2. The van der Waals surface area contributed by atoms with Gasteiger partial charge in [0.25, 0.3) is 0 Å². The lowest BCUT2D eigenvalue weighted by molar-refractivity contribution is 0.0702. The third-order valence-corrected chi connectivity index (χ3v) is 3.88. The Labute approximate surface area is 117 Å². The highest BCUT2D eigenvalue weighted by Crippen LogP contribution is 2.32. The molecule has 1 aromatic carbocycles. The molecule has 0 unspecified atom stereocenters. The number of hydrogen-bond donors (Lipinski definition) is 1. The van der Waals surface area contributed by atoms with Crippen molar-refractivity contribution in [2.45, 2.75) is 0 Å². The summed E-state index contributed by atoms with van der Waals surface area (Å²) in [5.74, 6) is -0.0384. The molecule has 0 aliphatic rings. The molecule has 0 spiro atoms. The average molecular weight is 288 g/mol. The molecule has 100 valence electrons. The molecule has 0 aliphatic carbocycles. The summed E-state index contributed by atoms with van der Waals surface area (Å²) in [4.78, 5) is 11.9. The van der Waals surface area contributed by atoms with Gasteiger partial charge in [-0.15, -0.1) is 11.3 Å². The highest BCUT2D eigenvalue weighted by atomic mass is 32.1. The van der Waals surface area contributed by atoms with E-state index in [2.05, 4.69) is 0 Å². The van der Waals surface area contributed by atoms with E-state index in [1.165, 1.54) is 12.1 Å². The first-order valence-electron chi connectivity index (χ1n) is 5.83. The Kier molecular flexibility index (Phi) is 3.12. The van der Waals surface area contributed by atoms with Crippen LogP contribution in [0.4, 0.5) is 4.39 Å². The summed E-state index contributed by atoms with van der Waals surface area (Å²) < 4.78 is 18.6. The van der Waals surface area contributed by atoms with Crippen LogP contribution in [0.25, 0.3) is 22.0 Å². The molecule has 3 nitrogen and oxygen atoms in total. The molecular weight excluding hydrogens is 279 g/mol. The van der Waals surface area contributed by atoms with Gasteiger partial charge in [0.1, 0.15) is 22.2 Å². The van der Waals surface area contributed by atoms with Crippen LogP contribution < -0.4 is 0 Å². The molecule has 0 saturated heterocycles. The summed E-state index contributed by atoms with van der Waals surface area (Å²) in [7, 11) is 0. The number of benzene rings is 1. The van der Waals surface area contributed by atoms with Crippen molar-refractivity contribution in [3.63, 3.8) is 0 Å². The smallest absolute Gasteiger partial charge is 0.345 e. The Morgan fingerprint density at radius 2 is 1.70 bits per heavy atom. The van der Waals surface area contributed by atoms with Crippen molar-refractivity contribution in [2.75, 3.05) is 0 Å². The highest BCUT2D eigenvalue weighted by molar-refractivity contribution is 7.17. The Morgan fingerprint density at radius 3 is 2.35 bits per heavy atom. The van der Waals surface area contributed by atoms with Gasteiger partial charge >= 0.3 is 5.97 Å². The number of carbonyl (C=O) groups is 1. The van der Waals surface area contributed by atoms with E-state index in [1.54, 1.807) is 36.4 Å². The summed E-state index contributed by atoms with van der Waals surface area (Å²) in [6, 6.07) is 12.8. The van der Waals surface area contributed by atoms with Crippen LogP contribution in [0, 0.1) is 5.82 Å². The average Bonchev–Trinajstić information content (AvgIpc) is 3.08. The quantitative estimate of drug-likeness (QED) is 0.771. The van der Waals surface area contributed by atoms with E-state index < -0.39 is 5.97 Å². The lowest BCUT2D eigenvalue weighted by atomic mass is 10.2. The number of carboxylic acid groups (broad SMARTS) is 1. The second-order valence-corrected chi connectivity index (χ2v) is 5.22. The van der Waals surface area contributed by atoms with Gasteiger partial charge in [-0.2, -0.15) is 0 Å². The third-order valence-electron chi connectivity index (χ3n) is 2.79. The Morgan fingerprint density at radius 1 is 1.00 bits per heavy atom. The molecule has 0 fully saturated rings. The lowest BCUT2D eigenvalue weighted by Crippen LogP contribution is -1.89. The Hall–Kier alpha value is -2.40. The summed E-state index contributed by atoms with van der Waals surface area (Å²) in [5, 5.41) is 8.90. The van der Waals surface area contributed by atoms with Crippen molar-refractivity contribution in [3.8, 4) is 22.0 Å². The SMILES string of the molecule is O=C(O)c1ccc(-c2ccc(-c3ccc(F)cc3)o2)s1. The number of aromatic carboxylic acids is 1. The van der Waals surface area contributed by atoms with Gasteiger partial charge in [-0.3, -0.25) is 0 Å². The first kappa shape index (κ1) is 12.6. The molecule has 1 N–H and O–H groups in total. The van der Waals surface area contributed by atoms with Crippen LogP contribution in [0.3, 0.4) is 0 Å². The topological polar surface area (TPSA) is 50.4 Å². The van der Waals surface area contributed by atoms with Crippen LogP contribution in [0.5, 0.6) is 0 Å². The first-order valence-corrected chi connectivity index (χ1v) is 6.64. The normalized spacial score (nSPS) is 10.7. The number of halogens is 1. The number of carboxylic acids is 1. The van der Waals surface area contributed by atoms with Crippen LogP contribution in [0.15, 0.2) is 52.9 Å². The Balaban J connectivity index is 1.93. The molecule has 0 amide bonds. The van der Waals surface area contributed by atoms with Gasteiger partial charge in [0.15, 0.2) is 0 Å². The number of furan rings is 1. The summed E-state index contributed by atoms with van der Waals surface area (Å²) in [6.07, 6.45) is 0. The largest absolute Gasteiger partial charge is 0.477 e. The minimum Gasteiger partial charge on any atom is -0.477 e. The van der Waals surface area contributed by atoms with Crippen LogP contribution in [0.1, 0.15) is 9.67 Å². The van der Waals surface area contributed by atoms with Gasteiger partial charge in [0.05, 0.1) is 4.88 Å². The van der Waals surface area contributed by atoms with Crippen LogP contribution in [-0.4, -0.2) is 11.1 Å². The molecule has 0 radical (unpaired) electrons. The van der Waals surface area contributed by atoms with Gasteiger partial charge in [-0.1, -0.05) is 0 Å². The van der Waals surface area contributed by atoms with E-state index in [0.29, 0.717) is 11.5 Å². The minimum absolute atomic E-state index is 0.264. The number of thiophene rings is 1. The van der Waals surface area contributed by atoms with E-state index in [-0.39, 0.29) is 10.7 Å². The molecule has 5 heteroatoms. The highest BCUT2D eigenvalue weighted by Gasteiger charge is 2.12. The summed E-state index contributed by atoms with van der Waals surface area (Å²) in [5.41, 5.74) is 0.771. The summed E-state index contributed by atoms with van der Waals surface area (Å²) in [6.45, 7) is 0. The van der Waals surface area contributed by atoms with Crippen molar-refractivity contribution in [3.05, 3.63) is 59.2 Å². The van der Waals surface area contributed by atoms with Crippen molar-refractivity contribution >= 4 is 17.3 Å². The van der Waals surface area contributed by atoms with Crippen LogP contribution in [-0.2, 0) is 0 Å². The molecular formula is C15H9FO3S. The van der Waals surface area contributed by atoms with E-state index in [1.807, 2.05) is 0 Å². The van der Waals surface area contributed by atoms with Gasteiger partial charge in [0.2, 0.25) is 0 Å². The fourth-order valence-electron chi connectivity index (χ4n) is 1.82. The minimum atomic E-state index is -0.952. The van der Waals surface area contributed by atoms with Gasteiger partial charge < -0.3 is 9.52 Å². The second kappa shape index (κ2) is 4.94. The van der Waals surface area contributed by atoms with Crippen molar-refractivity contribution in [1.82, 2.24) is 0 Å². The predicted molar refractivity (Wildman–Crippen MR) is 74.4 cm³/mol. The van der Waals surface area contributed by atoms with Crippen molar-refractivity contribution in [2.24, 2.45) is 0 Å². The van der Waals surface area contributed by atoms with E-state index >= 15 is 0 Å². The number of rotatable bonds is 3. The molecule has 0 saturated carbocycles. The van der Waals surface area contributed by atoms with Crippen LogP contribution >= 0.6 is 11.3 Å². The fourth-order valence-corrected chi connectivity index (χ4v) is 2.63.